The van der Waals surface area contributed by atoms with Crippen LogP contribution in [0.4, 0.5) is 5.82 Å². The summed E-state index contributed by atoms with van der Waals surface area (Å²) in [6, 6.07) is 3.47. The van der Waals surface area contributed by atoms with Gasteiger partial charge in [0.2, 0.25) is 0 Å². The van der Waals surface area contributed by atoms with Gasteiger partial charge in [0.1, 0.15) is 5.82 Å². The second kappa shape index (κ2) is 5.00. The Morgan fingerprint density at radius 3 is 2.32 bits per heavy atom. The quantitative estimate of drug-likeness (QED) is 0.870. The van der Waals surface area contributed by atoms with E-state index in [0.29, 0.717) is 0 Å². The first-order chi connectivity index (χ1) is 9.13. The van der Waals surface area contributed by atoms with Crippen LogP contribution in [0, 0.1) is 11.8 Å². The minimum Gasteiger partial charge on any atom is -0.476 e. The van der Waals surface area contributed by atoms with Crippen molar-refractivity contribution in [3.05, 3.63) is 22.8 Å². The van der Waals surface area contributed by atoms with Crippen molar-refractivity contribution in [3.8, 4) is 0 Å². The van der Waals surface area contributed by atoms with Crippen molar-refractivity contribution in [1.82, 2.24) is 4.98 Å². The molecule has 0 spiro atoms. The van der Waals surface area contributed by atoms with E-state index in [1.165, 1.54) is 25.7 Å². The van der Waals surface area contributed by atoms with E-state index in [1.54, 1.807) is 6.07 Å². The highest BCUT2D eigenvalue weighted by Crippen LogP contribution is 2.35. The van der Waals surface area contributed by atoms with Crippen LogP contribution in [0.1, 0.15) is 36.2 Å². The molecule has 0 amide bonds. The predicted octanol–water partition coefficient (Wildman–Crippen LogP) is 3.06. The fourth-order valence-corrected chi connectivity index (χ4v) is 2.43. The standard InChI is InChI=1S/C14H17ClN2O2/c15-11-5-6-12(16-13(11)14(18)19)17(7-9-1-2-9)8-10-3-4-10/h5-6,9-10H,1-4,7-8H2,(H,18,19). The van der Waals surface area contributed by atoms with Crippen LogP contribution >= 0.6 is 11.6 Å². The summed E-state index contributed by atoms with van der Waals surface area (Å²) in [5.41, 5.74) is -0.0456. The number of carboxylic acids is 1. The second-order valence-corrected chi connectivity index (χ2v) is 6.00. The fraction of sp³-hybridized carbons (Fsp3) is 0.571. The zero-order valence-corrected chi connectivity index (χ0v) is 11.4. The molecule has 2 saturated carbocycles. The highest BCUT2D eigenvalue weighted by molar-refractivity contribution is 6.33. The minimum atomic E-state index is -1.07. The van der Waals surface area contributed by atoms with E-state index >= 15 is 0 Å². The number of nitrogens with zero attached hydrogens (tertiary/aromatic N) is 2. The number of halogens is 1. The Bertz CT molecular complexity index is 484. The van der Waals surface area contributed by atoms with E-state index in [1.807, 2.05) is 6.07 Å². The molecule has 5 heteroatoms. The van der Waals surface area contributed by atoms with Crippen LogP contribution in [0.2, 0.25) is 5.02 Å². The number of anilines is 1. The molecule has 1 heterocycles. The third kappa shape index (κ3) is 3.18. The molecule has 102 valence electrons. The van der Waals surface area contributed by atoms with Crippen molar-refractivity contribution >= 4 is 23.4 Å². The number of pyridine rings is 1. The predicted molar refractivity (Wildman–Crippen MR) is 73.9 cm³/mol. The van der Waals surface area contributed by atoms with Crippen LogP contribution in [-0.4, -0.2) is 29.1 Å². The Hall–Kier alpha value is -1.29. The molecule has 0 aliphatic heterocycles. The van der Waals surface area contributed by atoms with E-state index in [2.05, 4.69) is 9.88 Å². The number of aromatic carboxylic acids is 1. The fourth-order valence-electron chi connectivity index (χ4n) is 2.24. The minimum absolute atomic E-state index is 0.0456. The number of rotatable bonds is 6. The molecule has 19 heavy (non-hydrogen) atoms. The summed E-state index contributed by atoms with van der Waals surface area (Å²) in [6.45, 7) is 1.98. The first kappa shape index (κ1) is 12.7. The van der Waals surface area contributed by atoms with Gasteiger partial charge in [0, 0.05) is 13.1 Å². The summed E-state index contributed by atoms with van der Waals surface area (Å²) in [6.07, 6.45) is 5.11. The molecule has 2 fully saturated rings. The summed E-state index contributed by atoms with van der Waals surface area (Å²) in [5, 5.41) is 9.30. The third-order valence-corrected chi connectivity index (χ3v) is 4.01. The van der Waals surface area contributed by atoms with Crippen molar-refractivity contribution in [1.29, 1.82) is 0 Å². The maximum atomic E-state index is 11.1. The number of aromatic nitrogens is 1. The molecule has 0 saturated heterocycles. The molecular weight excluding hydrogens is 264 g/mol. The normalized spacial score (nSPS) is 18.4. The van der Waals surface area contributed by atoms with E-state index in [-0.39, 0.29) is 10.7 Å². The molecule has 3 rings (SSSR count). The number of hydrogen-bond acceptors (Lipinski definition) is 3. The second-order valence-electron chi connectivity index (χ2n) is 5.60. The topological polar surface area (TPSA) is 53.4 Å². The van der Waals surface area contributed by atoms with Crippen LogP contribution in [-0.2, 0) is 0 Å². The van der Waals surface area contributed by atoms with Crippen molar-refractivity contribution in [3.63, 3.8) is 0 Å². The average molecular weight is 281 g/mol. The van der Waals surface area contributed by atoms with Crippen molar-refractivity contribution < 1.29 is 9.90 Å². The lowest BCUT2D eigenvalue weighted by atomic mass is 10.2. The lowest BCUT2D eigenvalue weighted by Crippen LogP contribution is -2.29. The van der Waals surface area contributed by atoms with Gasteiger partial charge in [-0.05, 0) is 49.7 Å². The highest BCUT2D eigenvalue weighted by atomic mass is 35.5. The van der Waals surface area contributed by atoms with Gasteiger partial charge in [-0.3, -0.25) is 0 Å². The lowest BCUT2D eigenvalue weighted by molar-refractivity contribution is 0.0691. The lowest BCUT2D eigenvalue weighted by Gasteiger charge is -2.24. The summed E-state index contributed by atoms with van der Waals surface area (Å²) < 4.78 is 0. The maximum absolute atomic E-state index is 11.1. The van der Waals surface area contributed by atoms with Gasteiger partial charge in [-0.15, -0.1) is 0 Å². The largest absolute Gasteiger partial charge is 0.476 e. The Labute approximate surface area is 117 Å². The smallest absolute Gasteiger partial charge is 0.356 e. The van der Waals surface area contributed by atoms with Gasteiger partial charge in [-0.25, -0.2) is 9.78 Å². The molecule has 0 bridgehead atoms. The summed E-state index contributed by atoms with van der Waals surface area (Å²) in [4.78, 5) is 17.6. The monoisotopic (exact) mass is 280 g/mol. The molecule has 1 N–H and O–H groups in total. The van der Waals surface area contributed by atoms with Crippen LogP contribution in [0.15, 0.2) is 12.1 Å². The molecule has 0 unspecified atom stereocenters. The maximum Gasteiger partial charge on any atom is 0.356 e. The van der Waals surface area contributed by atoms with Gasteiger partial charge in [-0.1, -0.05) is 11.6 Å². The SMILES string of the molecule is O=C(O)c1nc(N(CC2CC2)CC2CC2)ccc1Cl. The van der Waals surface area contributed by atoms with Gasteiger partial charge >= 0.3 is 5.97 Å². The first-order valence-corrected chi connectivity index (χ1v) is 7.16. The number of carboxylic acid groups (broad SMARTS) is 1. The Morgan fingerprint density at radius 1 is 1.26 bits per heavy atom. The summed E-state index contributed by atoms with van der Waals surface area (Å²) >= 11 is 5.87. The molecule has 2 aliphatic carbocycles. The van der Waals surface area contributed by atoms with Crippen LogP contribution in [0.3, 0.4) is 0 Å². The van der Waals surface area contributed by atoms with E-state index in [4.69, 9.17) is 16.7 Å². The molecule has 4 nitrogen and oxygen atoms in total. The zero-order chi connectivity index (χ0) is 13.4. The van der Waals surface area contributed by atoms with Crippen molar-refractivity contribution in [2.24, 2.45) is 11.8 Å². The number of carbonyl (C=O) groups is 1. The Morgan fingerprint density at radius 2 is 1.84 bits per heavy atom. The molecule has 1 aromatic rings. The Balaban J connectivity index is 1.82. The molecule has 1 aromatic heterocycles. The van der Waals surface area contributed by atoms with Gasteiger partial charge in [0.25, 0.3) is 0 Å². The third-order valence-electron chi connectivity index (χ3n) is 3.71. The van der Waals surface area contributed by atoms with Crippen LogP contribution < -0.4 is 4.90 Å². The summed E-state index contributed by atoms with van der Waals surface area (Å²) in [7, 11) is 0. The highest BCUT2D eigenvalue weighted by Gasteiger charge is 2.30. The molecule has 0 radical (unpaired) electrons. The molecular formula is C14H17ClN2O2. The molecule has 2 aliphatic rings. The van der Waals surface area contributed by atoms with Crippen molar-refractivity contribution in [2.45, 2.75) is 25.7 Å². The van der Waals surface area contributed by atoms with Crippen LogP contribution in [0.5, 0.6) is 0 Å². The average Bonchev–Trinajstić information content (AvgIpc) is 3.23. The molecule has 0 aromatic carbocycles. The number of hydrogen-bond donors (Lipinski definition) is 1. The summed E-state index contributed by atoms with van der Waals surface area (Å²) in [5.74, 6) is 1.19. The van der Waals surface area contributed by atoms with E-state index in [0.717, 1.165) is 30.7 Å². The van der Waals surface area contributed by atoms with Gasteiger partial charge in [0.05, 0.1) is 5.02 Å². The Kier molecular flexibility index (Phi) is 3.35. The zero-order valence-electron chi connectivity index (χ0n) is 10.7. The van der Waals surface area contributed by atoms with Gasteiger partial charge in [-0.2, -0.15) is 0 Å². The first-order valence-electron chi connectivity index (χ1n) is 6.78. The van der Waals surface area contributed by atoms with E-state index in [9.17, 15) is 4.79 Å². The van der Waals surface area contributed by atoms with Gasteiger partial charge < -0.3 is 10.0 Å². The van der Waals surface area contributed by atoms with E-state index < -0.39 is 5.97 Å². The van der Waals surface area contributed by atoms with Crippen molar-refractivity contribution in [2.75, 3.05) is 18.0 Å². The van der Waals surface area contributed by atoms with Gasteiger partial charge in [0.15, 0.2) is 5.69 Å². The molecule has 0 atom stereocenters. The van der Waals surface area contributed by atoms with Crippen LogP contribution in [0.25, 0.3) is 0 Å².